The number of hydrogen-bond donors (Lipinski definition) is 4. The zero-order valence-corrected chi connectivity index (χ0v) is 18.6. The molecule has 0 aliphatic carbocycles. The maximum atomic E-state index is 12.6. The van der Waals surface area contributed by atoms with Crippen molar-refractivity contribution in [2.45, 2.75) is 12.8 Å². The van der Waals surface area contributed by atoms with Crippen LogP contribution in [0.4, 0.5) is 0 Å². The summed E-state index contributed by atoms with van der Waals surface area (Å²) in [6.45, 7) is 0.971. The molecule has 34 heavy (non-hydrogen) atoms. The number of carbonyl (C=O) groups excluding carboxylic acids is 2. The molecule has 0 spiro atoms. The summed E-state index contributed by atoms with van der Waals surface area (Å²) in [7, 11) is 0. The summed E-state index contributed by atoms with van der Waals surface area (Å²) in [6, 6.07) is 19.3. The molecule has 3 aromatic heterocycles. The van der Waals surface area contributed by atoms with Crippen LogP contribution in [0.1, 0.15) is 32.0 Å². The summed E-state index contributed by atoms with van der Waals surface area (Å²) in [4.78, 5) is 35.8. The van der Waals surface area contributed by atoms with Crippen LogP contribution in [0, 0.1) is 0 Å². The maximum Gasteiger partial charge on any atom is 0.269 e. The number of rotatable bonds is 8. The van der Waals surface area contributed by atoms with E-state index in [0.29, 0.717) is 31.5 Å². The highest BCUT2D eigenvalue weighted by Crippen LogP contribution is 2.18. The first-order chi connectivity index (χ1) is 16.7. The van der Waals surface area contributed by atoms with Gasteiger partial charge in [0.1, 0.15) is 5.69 Å². The van der Waals surface area contributed by atoms with E-state index in [9.17, 15) is 9.59 Å². The van der Waals surface area contributed by atoms with Gasteiger partial charge < -0.3 is 20.6 Å². The van der Waals surface area contributed by atoms with E-state index in [-0.39, 0.29) is 17.5 Å². The quantitative estimate of drug-likeness (QED) is 0.287. The number of amides is 2. The van der Waals surface area contributed by atoms with Crippen molar-refractivity contribution in [2.24, 2.45) is 0 Å². The lowest BCUT2D eigenvalue weighted by molar-refractivity contribution is 0.0949. The van der Waals surface area contributed by atoms with Gasteiger partial charge in [-0.2, -0.15) is 0 Å². The Morgan fingerprint density at radius 1 is 0.735 bits per heavy atom. The number of hydrogen-bond acceptors (Lipinski definition) is 3. The third-order valence-corrected chi connectivity index (χ3v) is 5.96. The summed E-state index contributed by atoms with van der Waals surface area (Å²) < 4.78 is 0. The molecular formula is C27H25N5O2. The predicted octanol–water partition coefficient (Wildman–Crippen LogP) is 3.99. The third kappa shape index (κ3) is 4.54. The molecule has 5 aromatic rings. The summed E-state index contributed by atoms with van der Waals surface area (Å²) in [5, 5.41) is 8.14. The van der Waals surface area contributed by atoms with E-state index in [1.807, 2.05) is 48.8 Å². The molecule has 2 aromatic carbocycles. The van der Waals surface area contributed by atoms with Gasteiger partial charge in [0.05, 0.1) is 0 Å². The van der Waals surface area contributed by atoms with Crippen LogP contribution < -0.4 is 10.6 Å². The molecular weight excluding hydrogens is 426 g/mol. The number of nitrogens with one attached hydrogen (secondary N) is 4. The number of para-hydroxylation sites is 2. The van der Waals surface area contributed by atoms with Crippen molar-refractivity contribution in [3.63, 3.8) is 0 Å². The minimum Gasteiger partial charge on any atom is -0.361 e. The van der Waals surface area contributed by atoms with Crippen LogP contribution in [0.25, 0.3) is 21.8 Å². The van der Waals surface area contributed by atoms with Crippen molar-refractivity contribution in [1.29, 1.82) is 0 Å². The standard InChI is InChI=1S/C27H25N5O2/c33-26(29-13-10-19-16-31-23-7-3-1-5-21(19)23)18-9-12-28-25(15-18)27(34)30-14-11-20-17-32-24-8-4-2-6-22(20)24/h1-9,12,15-17,31-32H,10-11,13-14H2,(H,29,33)(H,30,34). The van der Waals surface area contributed by atoms with E-state index >= 15 is 0 Å². The van der Waals surface area contributed by atoms with Crippen molar-refractivity contribution in [1.82, 2.24) is 25.6 Å². The number of fused-ring (bicyclic) bond motifs is 2. The molecule has 3 heterocycles. The number of aromatic nitrogens is 3. The Bertz CT molecular complexity index is 1360. The van der Waals surface area contributed by atoms with E-state index in [2.05, 4.69) is 37.7 Å². The van der Waals surface area contributed by atoms with Gasteiger partial charge in [-0.15, -0.1) is 0 Å². The Morgan fingerprint density at radius 2 is 1.29 bits per heavy atom. The molecule has 7 heteroatoms. The number of nitrogens with zero attached hydrogens (tertiary/aromatic N) is 1. The minimum atomic E-state index is -0.298. The number of benzene rings is 2. The smallest absolute Gasteiger partial charge is 0.269 e. The van der Waals surface area contributed by atoms with E-state index in [0.717, 1.165) is 32.9 Å². The van der Waals surface area contributed by atoms with Crippen LogP contribution in [0.5, 0.6) is 0 Å². The molecule has 2 amide bonds. The summed E-state index contributed by atoms with van der Waals surface area (Å²) in [5.41, 5.74) is 5.10. The van der Waals surface area contributed by atoms with Gasteiger partial charge >= 0.3 is 0 Å². The molecule has 170 valence electrons. The fourth-order valence-corrected chi connectivity index (χ4v) is 4.19. The zero-order chi connectivity index (χ0) is 23.3. The minimum absolute atomic E-state index is 0.225. The monoisotopic (exact) mass is 451 g/mol. The highest BCUT2D eigenvalue weighted by atomic mass is 16.2. The summed E-state index contributed by atoms with van der Waals surface area (Å²) in [5.74, 6) is -0.525. The number of aromatic amines is 2. The number of H-pyrrole nitrogens is 2. The largest absolute Gasteiger partial charge is 0.361 e. The normalized spacial score (nSPS) is 11.1. The van der Waals surface area contributed by atoms with Gasteiger partial charge in [-0.3, -0.25) is 14.6 Å². The van der Waals surface area contributed by atoms with Crippen LogP contribution >= 0.6 is 0 Å². The Balaban J connectivity index is 1.14. The predicted molar refractivity (Wildman–Crippen MR) is 133 cm³/mol. The highest BCUT2D eigenvalue weighted by Gasteiger charge is 2.12. The molecule has 0 aliphatic rings. The second kappa shape index (κ2) is 9.62. The molecule has 0 atom stereocenters. The van der Waals surface area contributed by atoms with Crippen molar-refractivity contribution >= 4 is 33.6 Å². The molecule has 7 nitrogen and oxygen atoms in total. The Morgan fingerprint density at radius 3 is 1.91 bits per heavy atom. The van der Waals surface area contributed by atoms with Gasteiger partial charge in [0.2, 0.25) is 0 Å². The van der Waals surface area contributed by atoms with Gasteiger partial charge in [0.15, 0.2) is 0 Å². The van der Waals surface area contributed by atoms with E-state index in [1.165, 1.54) is 12.3 Å². The van der Waals surface area contributed by atoms with Crippen LogP contribution in [0.3, 0.4) is 0 Å². The molecule has 0 unspecified atom stereocenters. The first kappa shape index (κ1) is 21.5. The molecule has 4 N–H and O–H groups in total. The fourth-order valence-electron chi connectivity index (χ4n) is 4.19. The van der Waals surface area contributed by atoms with Crippen LogP contribution in [0.2, 0.25) is 0 Å². The molecule has 0 fully saturated rings. The Kier molecular flexibility index (Phi) is 6.07. The summed E-state index contributed by atoms with van der Waals surface area (Å²) in [6.07, 6.45) is 6.84. The van der Waals surface area contributed by atoms with Gasteiger partial charge in [-0.25, -0.2) is 0 Å². The number of pyridine rings is 1. The van der Waals surface area contributed by atoms with E-state index < -0.39 is 0 Å². The van der Waals surface area contributed by atoms with Gasteiger partial charge in [-0.1, -0.05) is 36.4 Å². The van der Waals surface area contributed by atoms with Crippen molar-refractivity contribution in [3.8, 4) is 0 Å². The second-order valence-electron chi connectivity index (χ2n) is 8.16. The topological polar surface area (TPSA) is 103 Å². The molecule has 0 bridgehead atoms. The number of carbonyl (C=O) groups is 2. The second-order valence-corrected chi connectivity index (χ2v) is 8.16. The Labute approximate surface area is 196 Å². The highest BCUT2D eigenvalue weighted by molar-refractivity contribution is 5.98. The van der Waals surface area contributed by atoms with Crippen molar-refractivity contribution in [3.05, 3.63) is 102 Å². The van der Waals surface area contributed by atoms with Crippen LogP contribution in [-0.4, -0.2) is 39.9 Å². The molecule has 0 saturated heterocycles. The molecule has 5 rings (SSSR count). The van der Waals surface area contributed by atoms with Crippen LogP contribution in [0.15, 0.2) is 79.3 Å². The first-order valence-electron chi connectivity index (χ1n) is 11.3. The average Bonchev–Trinajstić information content (AvgIpc) is 3.48. The van der Waals surface area contributed by atoms with Crippen molar-refractivity contribution < 1.29 is 9.59 Å². The van der Waals surface area contributed by atoms with E-state index in [1.54, 1.807) is 6.07 Å². The fraction of sp³-hybridized carbons (Fsp3) is 0.148. The van der Waals surface area contributed by atoms with Gasteiger partial charge in [0.25, 0.3) is 11.8 Å². The summed E-state index contributed by atoms with van der Waals surface area (Å²) >= 11 is 0. The Hall–Kier alpha value is -4.39. The lowest BCUT2D eigenvalue weighted by Gasteiger charge is -2.07. The maximum absolute atomic E-state index is 12.6. The molecule has 0 saturated carbocycles. The van der Waals surface area contributed by atoms with E-state index in [4.69, 9.17) is 0 Å². The average molecular weight is 452 g/mol. The lowest BCUT2D eigenvalue weighted by atomic mass is 10.1. The van der Waals surface area contributed by atoms with Crippen molar-refractivity contribution in [2.75, 3.05) is 13.1 Å². The zero-order valence-electron chi connectivity index (χ0n) is 18.6. The first-order valence-corrected chi connectivity index (χ1v) is 11.3. The van der Waals surface area contributed by atoms with Crippen LogP contribution in [-0.2, 0) is 12.8 Å². The van der Waals surface area contributed by atoms with Gasteiger partial charge in [0, 0.05) is 59.0 Å². The SMILES string of the molecule is O=C(NCCc1c[nH]c2ccccc12)c1ccnc(C(=O)NCCc2c[nH]c3ccccc23)c1. The third-order valence-electron chi connectivity index (χ3n) is 5.96. The molecule has 0 radical (unpaired) electrons. The van der Waals surface area contributed by atoms with Gasteiger partial charge in [-0.05, 0) is 48.2 Å². The lowest BCUT2D eigenvalue weighted by Crippen LogP contribution is -2.28. The molecule has 0 aliphatic heterocycles.